The van der Waals surface area contributed by atoms with Gasteiger partial charge in [-0.3, -0.25) is 0 Å². The third-order valence-electron chi connectivity index (χ3n) is 8.42. The van der Waals surface area contributed by atoms with E-state index in [9.17, 15) is 26.3 Å². The lowest BCUT2D eigenvalue weighted by Crippen LogP contribution is -2.48. The smallest absolute Gasteiger partial charge is 0.171 e. The van der Waals surface area contributed by atoms with Gasteiger partial charge >= 0.3 is 12.4 Å². The van der Waals surface area contributed by atoms with Crippen LogP contribution < -0.4 is 0 Å². The third kappa shape index (κ3) is 3.98. The van der Waals surface area contributed by atoms with Crippen molar-refractivity contribution in [3.8, 4) is 0 Å². The zero-order chi connectivity index (χ0) is 20.9. The van der Waals surface area contributed by atoms with Crippen molar-refractivity contribution in [2.45, 2.75) is 84.0 Å². The minimum atomic E-state index is -4.37. The average molecular weight is 410 g/mol. The first-order valence-corrected chi connectivity index (χ1v) is 10.7. The van der Waals surface area contributed by atoms with Gasteiger partial charge in [0.25, 0.3) is 0 Å². The van der Waals surface area contributed by atoms with Crippen LogP contribution in [0, 0.1) is 40.9 Å². The van der Waals surface area contributed by atoms with E-state index in [0.717, 1.165) is 32.1 Å². The summed E-state index contributed by atoms with van der Waals surface area (Å²) in [5, 5.41) is 0. The summed E-state index contributed by atoms with van der Waals surface area (Å²) in [5.41, 5.74) is -1.02. The van der Waals surface area contributed by atoms with E-state index in [1.165, 1.54) is 0 Å². The van der Waals surface area contributed by atoms with E-state index in [-0.39, 0.29) is 29.6 Å². The molecule has 3 aliphatic carbocycles. The van der Waals surface area contributed by atoms with Crippen LogP contribution in [0.25, 0.3) is 0 Å². The summed E-state index contributed by atoms with van der Waals surface area (Å²) in [4.78, 5) is 0. The third-order valence-corrected chi connectivity index (χ3v) is 8.42. The van der Waals surface area contributed by atoms with Crippen LogP contribution in [0.3, 0.4) is 0 Å². The molecule has 0 nitrogen and oxygen atoms in total. The standard InChI is InChI=1S/C22H32F6/c1-4-5-15-14(12-21(23,24)25)6-7-17-16(15)10-11-20(3)18(8-9-19(17)20)13(2)22(26,27)28/h14-19H,2,4-12H2,1,3H3. The number of hydrogen-bond acceptors (Lipinski definition) is 0. The number of rotatable bonds is 4. The highest BCUT2D eigenvalue weighted by Crippen LogP contribution is 2.65. The number of halogens is 6. The summed E-state index contributed by atoms with van der Waals surface area (Å²) in [6.45, 7) is 7.39. The fourth-order valence-corrected chi connectivity index (χ4v) is 7.34. The molecular formula is C22H32F6. The second-order valence-electron chi connectivity index (χ2n) is 9.74. The van der Waals surface area contributed by atoms with Gasteiger partial charge in [-0.1, -0.05) is 33.3 Å². The molecule has 6 heteroatoms. The molecule has 3 fully saturated rings. The van der Waals surface area contributed by atoms with Crippen molar-refractivity contribution < 1.29 is 26.3 Å². The monoisotopic (exact) mass is 410 g/mol. The van der Waals surface area contributed by atoms with Crippen molar-refractivity contribution in [1.29, 1.82) is 0 Å². The Morgan fingerprint density at radius 2 is 1.64 bits per heavy atom. The zero-order valence-electron chi connectivity index (χ0n) is 16.8. The first-order valence-electron chi connectivity index (χ1n) is 10.7. The molecule has 0 amide bonds. The fourth-order valence-electron chi connectivity index (χ4n) is 7.34. The molecule has 3 aliphatic rings. The average Bonchev–Trinajstić information content (AvgIpc) is 2.91. The van der Waals surface area contributed by atoms with E-state index >= 15 is 0 Å². The van der Waals surface area contributed by atoms with Crippen LogP contribution >= 0.6 is 0 Å². The Hall–Kier alpha value is -0.680. The van der Waals surface area contributed by atoms with Crippen LogP contribution in [0.1, 0.15) is 71.6 Å². The molecule has 0 spiro atoms. The maximum Gasteiger partial charge on any atom is 0.412 e. The predicted molar refractivity (Wildman–Crippen MR) is 97.5 cm³/mol. The molecule has 28 heavy (non-hydrogen) atoms. The Morgan fingerprint density at radius 1 is 0.964 bits per heavy atom. The van der Waals surface area contributed by atoms with Gasteiger partial charge in [0.2, 0.25) is 0 Å². The molecule has 7 unspecified atom stereocenters. The van der Waals surface area contributed by atoms with Gasteiger partial charge in [-0.2, -0.15) is 26.3 Å². The molecule has 0 aromatic heterocycles. The molecule has 7 atom stereocenters. The first kappa shape index (κ1) is 22.0. The van der Waals surface area contributed by atoms with E-state index in [1.54, 1.807) is 0 Å². The summed E-state index contributed by atoms with van der Waals surface area (Å²) in [5.74, 6) is -0.131. The molecule has 0 aliphatic heterocycles. The SMILES string of the molecule is C=C(C1CCC2C3CCC(CC(F)(F)F)C(CCC)C3CCC12C)C(F)(F)F. The molecule has 3 saturated carbocycles. The number of allylic oxidation sites excluding steroid dienone is 1. The molecule has 0 bridgehead atoms. The van der Waals surface area contributed by atoms with E-state index in [1.807, 2.05) is 13.8 Å². The Labute approximate surface area is 164 Å². The summed E-state index contributed by atoms with van der Waals surface area (Å²) in [7, 11) is 0. The topological polar surface area (TPSA) is 0 Å². The maximum absolute atomic E-state index is 13.3. The van der Waals surface area contributed by atoms with Crippen molar-refractivity contribution in [2.24, 2.45) is 40.9 Å². The van der Waals surface area contributed by atoms with Gasteiger partial charge in [-0.15, -0.1) is 0 Å². The predicted octanol–water partition coefficient (Wildman–Crippen LogP) is 7.94. The Balaban J connectivity index is 1.81. The van der Waals surface area contributed by atoms with E-state index in [2.05, 4.69) is 6.58 Å². The van der Waals surface area contributed by atoms with Crippen molar-refractivity contribution in [3.63, 3.8) is 0 Å². The highest BCUT2D eigenvalue weighted by atomic mass is 19.4. The number of fused-ring (bicyclic) bond motifs is 3. The van der Waals surface area contributed by atoms with E-state index in [0.29, 0.717) is 19.3 Å². The molecule has 0 radical (unpaired) electrons. The summed E-state index contributed by atoms with van der Waals surface area (Å²) < 4.78 is 79.3. The highest BCUT2D eigenvalue weighted by molar-refractivity contribution is 5.18. The molecule has 0 saturated heterocycles. The van der Waals surface area contributed by atoms with Gasteiger partial charge in [0, 0.05) is 12.0 Å². The van der Waals surface area contributed by atoms with Crippen LogP contribution in [0.4, 0.5) is 26.3 Å². The molecule has 0 N–H and O–H groups in total. The summed E-state index contributed by atoms with van der Waals surface area (Å²) >= 11 is 0. The second kappa shape index (κ2) is 7.54. The maximum atomic E-state index is 13.3. The Morgan fingerprint density at radius 3 is 2.21 bits per heavy atom. The molecule has 0 heterocycles. The van der Waals surface area contributed by atoms with Crippen molar-refractivity contribution in [2.75, 3.05) is 0 Å². The molecule has 3 rings (SSSR count). The van der Waals surface area contributed by atoms with Crippen LogP contribution in [-0.2, 0) is 0 Å². The minimum absolute atomic E-state index is 0.0554. The number of hydrogen-bond donors (Lipinski definition) is 0. The summed E-state index contributed by atoms with van der Waals surface area (Å²) in [6.07, 6.45) is -3.58. The molecular weight excluding hydrogens is 378 g/mol. The van der Waals surface area contributed by atoms with Gasteiger partial charge in [-0.05, 0) is 79.4 Å². The van der Waals surface area contributed by atoms with Gasteiger partial charge in [0.05, 0.1) is 0 Å². The Kier molecular flexibility index (Phi) is 5.93. The van der Waals surface area contributed by atoms with E-state index in [4.69, 9.17) is 0 Å². The lowest BCUT2D eigenvalue weighted by atomic mass is 9.50. The van der Waals surface area contributed by atoms with Crippen LogP contribution in [-0.4, -0.2) is 12.4 Å². The van der Waals surface area contributed by atoms with Crippen molar-refractivity contribution >= 4 is 0 Å². The van der Waals surface area contributed by atoms with Crippen LogP contribution in [0.5, 0.6) is 0 Å². The van der Waals surface area contributed by atoms with Gasteiger partial charge in [0.15, 0.2) is 0 Å². The lowest BCUT2D eigenvalue weighted by Gasteiger charge is -2.55. The quantitative estimate of drug-likeness (QED) is 0.326. The van der Waals surface area contributed by atoms with E-state index < -0.39 is 35.7 Å². The summed E-state index contributed by atoms with van der Waals surface area (Å²) in [6, 6.07) is 0. The number of alkyl halides is 6. The fraction of sp³-hybridized carbons (Fsp3) is 0.909. The zero-order valence-corrected chi connectivity index (χ0v) is 16.8. The first-order chi connectivity index (χ1) is 12.9. The van der Waals surface area contributed by atoms with Crippen LogP contribution in [0.2, 0.25) is 0 Å². The highest BCUT2D eigenvalue weighted by Gasteiger charge is 2.59. The minimum Gasteiger partial charge on any atom is -0.171 e. The lowest BCUT2D eigenvalue weighted by molar-refractivity contribution is -0.161. The van der Waals surface area contributed by atoms with Gasteiger partial charge in [0.1, 0.15) is 0 Å². The second-order valence-corrected chi connectivity index (χ2v) is 9.74. The normalized spacial score (nSPS) is 41.4. The van der Waals surface area contributed by atoms with Crippen molar-refractivity contribution in [1.82, 2.24) is 0 Å². The van der Waals surface area contributed by atoms with Crippen molar-refractivity contribution in [3.05, 3.63) is 12.2 Å². The Bertz CT molecular complexity index is 577. The molecule has 0 aromatic carbocycles. The van der Waals surface area contributed by atoms with Crippen LogP contribution in [0.15, 0.2) is 12.2 Å². The largest absolute Gasteiger partial charge is 0.412 e. The van der Waals surface area contributed by atoms with Gasteiger partial charge < -0.3 is 0 Å². The molecule has 0 aromatic rings. The van der Waals surface area contributed by atoms with Gasteiger partial charge in [-0.25, -0.2) is 0 Å². The molecule has 162 valence electrons.